The number of sulfonamides is 1. The van der Waals surface area contributed by atoms with Crippen molar-refractivity contribution >= 4 is 10.0 Å². The number of pyridine rings is 1. The van der Waals surface area contributed by atoms with Gasteiger partial charge in [-0.2, -0.15) is 4.31 Å². The fourth-order valence-electron chi connectivity index (χ4n) is 2.84. The predicted octanol–water partition coefficient (Wildman–Crippen LogP) is 3.21. The number of ether oxygens (including phenoxy) is 2. The third-order valence-electron chi connectivity index (χ3n) is 3.99. The molecule has 0 amide bonds. The molecule has 0 N–H and O–H groups in total. The second kappa shape index (κ2) is 7.73. The lowest BCUT2D eigenvalue weighted by Crippen LogP contribution is -2.44. The highest BCUT2D eigenvalue weighted by Gasteiger charge is 2.37. The van der Waals surface area contributed by atoms with Gasteiger partial charge in [-0.05, 0) is 37.1 Å². The number of hydrogen-bond donors (Lipinski definition) is 0. The lowest BCUT2D eigenvalue weighted by molar-refractivity contribution is -0.275. The molecule has 1 atom stereocenters. The summed E-state index contributed by atoms with van der Waals surface area (Å²) in [6.07, 6.45) is -1.13. The molecule has 1 aliphatic rings. The van der Waals surface area contributed by atoms with Gasteiger partial charge in [0, 0.05) is 18.9 Å². The number of aromatic nitrogens is 1. The molecule has 3 rings (SSSR count). The SMILES string of the molecule is O=S(=O)(c1ccccc1OC(F)(F)F)N1CCCC(Oc2ccncc2)C1. The molecule has 146 valence electrons. The lowest BCUT2D eigenvalue weighted by atomic mass is 10.1. The van der Waals surface area contributed by atoms with Crippen molar-refractivity contribution in [2.75, 3.05) is 13.1 Å². The van der Waals surface area contributed by atoms with E-state index in [0.717, 1.165) is 16.4 Å². The summed E-state index contributed by atoms with van der Waals surface area (Å²) in [6.45, 7) is 0.226. The van der Waals surface area contributed by atoms with Gasteiger partial charge in [0.15, 0.2) is 0 Å². The van der Waals surface area contributed by atoms with Crippen molar-refractivity contribution in [3.63, 3.8) is 0 Å². The second-order valence-electron chi connectivity index (χ2n) is 5.92. The van der Waals surface area contributed by atoms with E-state index in [1.807, 2.05) is 0 Å². The van der Waals surface area contributed by atoms with E-state index >= 15 is 0 Å². The van der Waals surface area contributed by atoms with Crippen molar-refractivity contribution < 1.29 is 31.1 Å². The van der Waals surface area contributed by atoms with Gasteiger partial charge < -0.3 is 9.47 Å². The molecule has 0 aliphatic carbocycles. The van der Waals surface area contributed by atoms with Crippen LogP contribution in [0.5, 0.6) is 11.5 Å². The molecule has 6 nitrogen and oxygen atoms in total. The molecular formula is C17H17F3N2O4S. The van der Waals surface area contributed by atoms with Crippen molar-refractivity contribution in [3.05, 3.63) is 48.8 Å². The van der Waals surface area contributed by atoms with E-state index in [9.17, 15) is 21.6 Å². The average Bonchev–Trinajstić information content (AvgIpc) is 2.62. The minimum Gasteiger partial charge on any atom is -0.489 e. The van der Waals surface area contributed by atoms with Crippen LogP contribution in [-0.4, -0.2) is 43.3 Å². The van der Waals surface area contributed by atoms with Gasteiger partial charge in [0.2, 0.25) is 10.0 Å². The molecular weight excluding hydrogens is 385 g/mol. The molecule has 1 aromatic heterocycles. The first-order valence-corrected chi connectivity index (χ1v) is 9.61. The van der Waals surface area contributed by atoms with Gasteiger partial charge in [-0.1, -0.05) is 12.1 Å². The molecule has 2 heterocycles. The van der Waals surface area contributed by atoms with Crippen molar-refractivity contribution in [1.29, 1.82) is 0 Å². The Bertz CT molecular complexity index is 875. The Kier molecular flexibility index (Phi) is 5.56. The summed E-state index contributed by atoms with van der Waals surface area (Å²) in [5.74, 6) is -0.197. The lowest BCUT2D eigenvalue weighted by Gasteiger charge is -2.32. The third kappa shape index (κ3) is 4.89. The van der Waals surface area contributed by atoms with E-state index in [4.69, 9.17) is 4.74 Å². The molecule has 1 fully saturated rings. The van der Waals surface area contributed by atoms with Crippen molar-refractivity contribution in [2.24, 2.45) is 0 Å². The topological polar surface area (TPSA) is 68.7 Å². The minimum absolute atomic E-state index is 0.0327. The molecule has 1 saturated heterocycles. The Morgan fingerprint density at radius 1 is 1.11 bits per heavy atom. The Morgan fingerprint density at radius 2 is 1.81 bits per heavy atom. The van der Waals surface area contributed by atoms with E-state index in [2.05, 4.69) is 9.72 Å². The van der Waals surface area contributed by atoms with Crippen LogP contribution in [0.15, 0.2) is 53.7 Å². The number of para-hydroxylation sites is 1. The molecule has 10 heteroatoms. The van der Waals surface area contributed by atoms with E-state index in [-0.39, 0.29) is 13.1 Å². The van der Waals surface area contributed by atoms with Crippen LogP contribution in [0, 0.1) is 0 Å². The molecule has 0 spiro atoms. The smallest absolute Gasteiger partial charge is 0.489 e. The summed E-state index contributed by atoms with van der Waals surface area (Å²) in [5.41, 5.74) is 0. The van der Waals surface area contributed by atoms with E-state index < -0.39 is 33.1 Å². The molecule has 0 bridgehead atoms. The number of alkyl halides is 3. The zero-order chi connectivity index (χ0) is 19.5. The van der Waals surface area contributed by atoms with E-state index in [1.54, 1.807) is 24.5 Å². The standard InChI is InChI=1S/C17H17F3N2O4S/c18-17(19,20)26-15-5-1-2-6-16(15)27(23,24)22-11-3-4-14(12-22)25-13-7-9-21-10-8-13/h1-2,5-10,14H,3-4,11-12H2. The van der Waals surface area contributed by atoms with Gasteiger partial charge in [0.1, 0.15) is 22.5 Å². The van der Waals surface area contributed by atoms with Crippen LogP contribution in [0.1, 0.15) is 12.8 Å². The molecule has 2 aromatic rings. The maximum absolute atomic E-state index is 12.9. The average molecular weight is 402 g/mol. The van der Waals surface area contributed by atoms with Crippen LogP contribution in [0.25, 0.3) is 0 Å². The first-order chi connectivity index (χ1) is 12.8. The van der Waals surface area contributed by atoms with Gasteiger partial charge >= 0.3 is 6.36 Å². The number of hydrogen-bond acceptors (Lipinski definition) is 5. The molecule has 0 radical (unpaired) electrons. The van der Waals surface area contributed by atoms with E-state index in [0.29, 0.717) is 18.6 Å². The number of halogens is 3. The predicted molar refractivity (Wildman–Crippen MR) is 89.8 cm³/mol. The largest absolute Gasteiger partial charge is 0.573 e. The monoisotopic (exact) mass is 402 g/mol. The zero-order valence-electron chi connectivity index (χ0n) is 14.1. The second-order valence-corrected chi connectivity index (χ2v) is 7.83. The van der Waals surface area contributed by atoms with Crippen LogP contribution in [0.3, 0.4) is 0 Å². The van der Waals surface area contributed by atoms with Crippen LogP contribution in [0.2, 0.25) is 0 Å². The normalized spacial score (nSPS) is 18.9. The fourth-order valence-corrected chi connectivity index (χ4v) is 4.46. The highest BCUT2D eigenvalue weighted by Crippen LogP contribution is 2.32. The van der Waals surface area contributed by atoms with Gasteiger partial charge in [0.05, 0.1) is 6.54 Å². The van der Waals surface area contributed by atoms with Gasteiger partial charge in [0.25, 0.3) is 0 Å². The summed E-state index contributed by atoms with van der Waals surface area (Å²) >= 11 is 0. The van der Waals surface area contributed by atoms with Crippen LogP contribution >= 0.6 is 0 Å². The first kappa shape index (κ1) is 19.4. The molecule has 0 saturated carbocycles. The van der Waals surface area contributed by atoms with Gasteiger partial charge in [-0.15, -0.1) is 13.2 Å². The summed E-state index contributed by atoms with van der Waals surface area (Å²) in [5, 5.41) is 0. The highest BCUT2D eigenvalue weighted by atomic mass is 32.2. The highest BCUT2D eigenvalue weighted by molar-refractivity contribution is 7.89. The van der Waals surface area contributed by atoms with Gasteiger partial charge in [-0.25, -0.2) is 8.42 Å². The Hall–Kier alpha value is -2.33. The third-order valence-corrected chi connectivity index (χ3v) is 5.89. The number of benzene rings is 1. The van der Waals surface area contributed by atoms with E-state index in [1.165, 1.54) is 12.1 Å². The van der Waals surface area contributed by atoms with Crippen molar-refractivity contribution in [1.82, 2.24) is 9.29 Å². The minimum atomic E-state index is -4.99. The van der Waals surface area contributed by atoms with Gasteiger partial charge in [-0.3, -0.25) is 4.98 Å². The quantitative estimate of drug-likeness (QED) is 0.768. The fraction of sp³-hybridized carbons (Fsp3) is 0.353. The summed E-state index contributed by atoms with van der Waals surface area (Å²) < 4.78 is 74.4. The van der Waals surface area contributed by atoms with Crippen LogP contribution < -0.4 is 9.47 Å². The Balaban J connectivity index is 1.80. The maximum atomic E-state index is 12.9. The zero-order valence-corrected chi connectivity index (χ0v) is 14.9. The summed E-state index contributed by atoms with van der Waals surface area (Å²) in [6, 6.07) is 8.02. The summed E-state index contributed by atoms with van der Waals surface area (Å²) in [4.78, 5) is 3.36. The van der Waals surface area contributed by atoms with Crippen LogP contribution in [0.4, 0.5) is 13.2 Å². The number of nitrogens with zero attached hydrogens (tertiary/aromatic N) is 2. The molecule has 1 aromatic carbocycles. The Labute approximate surface area is 154 Å². The first-order valence-electron chi connectivity index (χ1n) is 8.17. The number of rotatable bonds is 5. The molecule has 1 unspecified atom stereocenters. The maximum Gasteiger partial charge on any atom is 0.573 e. The molecule has 1 aliphatic heterocycles. The molecule has 27 heavy (non-hydrogen) atoms. The van der Waals surface area contributed by atoms with Crippen LogP contribution in [-0.2, 0) is 10.0 Å². The van der Waals surface area contributed by atoms with Crippen molar-refractivity contribution in [3.8, 4) is 11.5 Å². The summed E-state index contributed by atoms with van der Waals surface area (Å²) in [7, 11) is -4.17. The van der Waals surface area contributed by atoms with Crippen molar-refractivity contribution in [2.45, 2.75) is 30.2 Å². The Morgan fingerprint density at radius 3 is 2.52 bits per heavy atom. The number of piperidine rings is 1.